The summed E-state index contributed by atoms with van der Waals surface area (Å²) in [5.74, 6) is 0.559. The van der Waals surface area contributed by atoms with Gasteiger partial charge in [0.1, 0.15) is 5.58 Å². The van der Waals surface area contributed by atoms with Gasteiger partial charge >= 0.3 is 11.7 Å². The molecule has 0 atom stereocenters. The number of imidazole rings is 1. The topological polar surface area (TPSA) is 86.4 Å². The zero-order valence-electron chi connectivity index (χ0n) is 16.0. The minimum absolute atomic E-state index is 0.276. The van der Waals surface area contributed by atoms with Crippen LogP contribution in [0.2, 0.25) is 0 Å². The summed E-state index contributed by atoms with van der Waals surface area (Å²) in [5, 5.41) is 4.29. The summed E-state index contributed by atoms with van der Waals surface area (Å²) in [6, 6.07) is 14.6. The first-order valence-electron chi connectivity index (χ1n) is 9.10. The molecule has 148 valence electrons. The minimum Gasteiger partial charge on any atom is -0.450 e. The number of amides is 1. The zero-order chi connectivity index (χ0) is 20.4. The summed E-state index contributed by atoms with van der Waals surface area (Å²) in [6.07, 6.45) is -0.553. The summed E-state index contributed by atoms with van der Waals surface area (Å²) in [4.78, 5) is 28.3. The van der Waals surface area contributed by atoms with Crippen LogP contribution in [0, 0.1) is 0 Å². The summed E-state index contributed by atoms with van der Waals surface area (Å²) in [5.41, 5.74) is 3.31. The maximum atomic E-state index is 12.1. The number of carbonyl (C=O) groups excluding carboxylic acids is 1. The van der Waals surface area contributed by atoms with E-state index in [1.165, 1.54) is 6.07 Å². The number of carbonyl (C=O) groups is 1. The van der Waals surface area contributed by atoms with Crippen LogP contribution in [-0.4, -0.2) is 22.3 Å². The molecule has 0 spiro atoms. The summed E-state index contributed by atoms with van der Waals surface area (Å²) < 4.78 is 12.2. The number of aromatic nitrogens is 2. The van der Waals surface area contributed by atoms with E-state index in [4.69, 9.17) is 9.15 Å². The predicted molar refractivity (Wildman–Crippen MR) is 113 cm³/mol. The number of fused-ring (bicyclic) bond motifs is 2. The van der Waals surface area contributed by atoms with Crippen molar-refractivity contribution in [3.05, 3.63) is 64.5 Å². The highest BCUT2D eigenvalue weighted by Crippen LogP contribution is 2.29. The lowest BCUT2D eigenvalue weighted by atomic mass is 10.1. The highest BCUT2D eigenvalue weighted by molar-refractivity contribution is 7.98. The molecule has 0 aliphatic rings. The van der Waals surface area contributed by atoms with Gasteiger partial charge < -0.3 is 13.7 Å². The second-order valence-corrected chi connectivity index (χ2v) is 7.32. The molecule has 0 saturated heterocycles. The van der Waals surface area contributed by atoms with Crippen LogP contribution in [-0.2, 0) is 17.5 Å². The molecule has 7 nitrogen and oxygen atoms in total. The molecule has 0 bridgehead atoms. The molecule has 2 aromatic heterocycles. The Balaban J connectivity index is 1.62. The number of rotatable bonds is 5. The van der Waals surface area contributed by atoms with Crippen LogP contribution in [0.1, 0.15) is 12.5 Å². The van der Waals surface area contributed by atoms with Crippen LogP contribution < -0.4 is 10.9 Å². The van der Waals surface area contributed by atoms with Crippen molar-refractivity contribution in [1.29, 1.82) is 0 Å². The Labute approximate surface area is 170 Å². The molecule has 0 saturated carbocycles. The number of thioether (sulfide) groups is 1. The van der Waals surface area contributed by atoms with Crippen LogP contribution in [0.15, 0.2) is 62.9 Å². The Hall–Kier alpha value is -3.26. The number of aryl methyl sites for hydroxylation is 1. The molecule has 0 aliphatic carbocycles. The fraction of sp³-hybridized carbons (Fsp3) is 0.190. The Morgan fingerprint density at radius 2 is 2.07 bits per heavy atom. The predicted octanol–water partition coefficient (Wildman–Crippen LogP) is 4.54. The first-order valence-corrected chi connectivity index (χ1v) is 10.1. The number of benzene rings is 2. The number of para-hydroxylation sites is 2. The number of nitrogens with one attached hydrogen (secondary N) is 1. The molecule has 0 fully saturated rings. The van der Waals surface area contributed by atoms with Gasteiger partial charge in [0.05, 0.1) is 17.6 Å². The second kappa shape index (κ2) is 8.00. The van der Waals surface area contributed by atoms with Crippen LogP contribution in [0.5, 0.6) is 0 Å². The molecule has 29 heavy (non-hydrogen) atoms. The maximum Gasteiger partial charge on any atom is 0.411 e. The summed E-state index contributed by atoms with van der Waals surface area (Å²) in [7, 11) is 1.97. The van der Waals surface area contributed by atoms with Crippen molar-refractivity contribution in [2.75, 3.05) is 11.9 Å². The molecule has 0 aliphatic heterocycles. The first-order chi connectivity index (χ1) is 14.0. The van der Waals surface area contributed by atoms with Crippen molar-refractivity contribution >= 4 is 45.5 Å². The lowest BCUT2D eigenvalue weighted by Gasteiger charge is -2.08. The second-order valence-electron chi connectivity index (χ2n) is 6.38. The van der Waals surface area contributed by atoms with Gasteiger partial charge in [-0.2, -0.15) is 0 Å². The Kier molecular flexibility index (Phi) is 5.26. The quantitative estimate of drug-likeness (QED) is 0.385. The average molecular weight is 409 g/mol. The van der Waals surface area contributed by atoms with Crippen molar-refractivity contribution in [3.8, 4) is 0 Å². The van der Waals surface area contributed by atoms with Crippen molar-refractivity contribution < 1.29 is 13.9 Å². The SMILES string of the molecule is CCOC(=O)Nc1ccc2c(CSc3nc4ccccc4n3C)cc(=O)oc2c1. The molecule has 0 radical (unpaired) electrons. The fourth-order valence-corrected chi connectivity index (χ4v) is 4.09. The molecule has 2 heterocycles. The van der Waals surface area contributed by atoms with E-state index in [1.807, 2.05) is 41.9 Å². The van der Waals surface area contributed by atoms with Crippen molar-refractivity contribution in [3.63, 3.8) is 0 Å². The third-order valence-corrected chi connectivity index (χ3v) is 5.53. The summed E-state index contributed by atoms with van der Waals surface area (Å²) in [6.45, 7) is 2.01. The molecule has 4 rings (SSSR count). The van der Waals surface area contributed by atoms with Gasteiger partial charge in [-0.25, -0.2) is 14.6 Å². The van der Waals surface area contributed by atoms with Crippen molar-refractivity contribution in [1.82, 2.24) is 9.55 Å². The smallest absolute Gasteiger partial charge is 0.411 e. The molecule has 0 unspecified atom stereocenters. The third kappa shape index (κ3) is 3.97. The van der Waals surface area contributed by atoms with Gasteiger partial charge in [0.25, 0.3) is 0 Å². The van der Waals surface area contributed by atoms with Gasteiger partial charge in [-0.05, 0) is 36.8 Å². The number of hydrogen-bond donors (Lipinski definition) is 1. The molecule has 1 amide bonds. The fourth-order valence-electron chi connectivity index (χ4n) is 3.11. The van der Waals surface area contributed by atoms with Crippen LogP contribution in [0.4, 0.5) is 10.5 Å². The molecular weight excluding hydrogens is 390 g/mol. The highest BCUT2D eigenvalue weighted by Gasteiger charge is 2.12. The molecule has 2 aromatic carbocycles. The standard InChI is InChI=1S/C21H19N3O4S/c1-3-27-21(26)22-14-8-9-15-13(10-19(25)28-18(15)11-14)12-29-20-23-16-6-4-5-7-17(16)24(20)2/h4-11H,3,12H2,1-2H3,(H,22,26). The van der Waals surface area contributed by atoms with Crippen LogP contribution in [0.3, 0.4) is 0 Å². The largest absolute Gasteiger partial charge is 0.450 e. The Morgan fingerprint density at radius 3 is 2.86 bits per heavy atom. The van der Waals surface area contributed by atoms with E-state index in [2.05, 4.69) is 10.3 Å². The molecular formula is C21H19N3O4S. The van der Waals surface area contributed by atoms with E-state index in [1.54, 1.807) is 30.8 Å². The first kappa shape index (κ1) is 19.1. The van der Waals surface area contributed by atoms with Gasteiger partial charge in [0, 0.05) is 36.0 Å². The van der Waals surface area contributed by atoms with Gasteiger partial charge in [0.15, 0.2) is 5.16 Å². The lowest BCUT2D eigenvalue weighted by Crippen LogP contribution is -2.13. The van der Waals surface area contributed by atoms with E-state index in [0.29, 0.717) is 17.0 Å². The van der Waals surface area contributed by atoms with E-state index >= 15 is 0 Å². The third-order valence-electron chi connectivity index (χ3n) is 4.45. The number of hydrogen-bond acceptors (Lipinski definition) is 6. The van der Waals surface area contributed by atoms with E-state index in [9.17, 15) is 9.59 Å². The van der Waals surface area contributed by atoms with E-state index in [-0.39, 0.29) is 6.61 Å². The van der Waals surface area contributed by atoms with E-state index in [0.717, 1.165) is 27.1 Å². The maximum absolute atomic E-state index is 12.1. The van der Waals surface area contributed by atoms with Crippen LogP contribution >= 0.6 is 11.8 Å². The lowest BCUT2D eigenvalue weighted by molar-refractivity contribution is 0.168. The zero-order valence-corrected chi connectivity index (χ0v) is 16.8. The van der Waals surface area contributed by atoms with Crippen molar-refractivity contribution in [2.24, 2.45) is 7.05 Å². The highest BCUT2D eigenvalue weighted by atomic mass is 32.2. The van der Waals surface area contributed by atoms with Gasteiger partial charge in [0.2, 0.25) is 0 Å². The molecule has 1 N–H and O–H groups in total. The van der Waals surface area contributed by atoms with Gasteiger partial charge in [-0.15, -0.1) is 0 Å². The normalized spacial score (nSPS) is 11.1. The Morgan fingerprint density at radius 1 is 1.24 bits per heavy atom. The monoisotopic (exact) mass is 409 g/mol. The van der Waals surface area contributed by atoms with Gasteiger partial charge in [-0.1, -0.05) is 23.9 Å². The van der Waals surface area contributed by atoms with Crippen LogP contribution in [0.25, 0.3) is 22.0 Å². The molecule has 4 aromatic rings. The number of ether oxygens (including phenoxy) is 1. The van der Waals surface area contributed by atoms with Crippen molar-refractivity contribution in [2.45, 2.75) is 17.8 Å². The molecule has 8 heteroatoms. The number of anilines is 1. The summed E-state index contributed by atoms with van der Waals surface area (Å²) >= 11 is 1.55. The minimum atomic E-state index is -0.553. The van der Waals surface area contributed by atoms with Gasteiger partial charge in [-0.3, -0.25) is 5.32 Å². The number of nitrogens with zero attached hydrogens (tertiary/aromatic N) is 2. The Bertz CT molecular complexity index is 1260. The van der Waals surface area contributed by atoms with E-state index < -0.39 is 11.7 Å². The average Bonchev–Trinajstić information content (AvgIpc) is 3.02.